The number of halogens is 6. The van der Waals surface area contributed by atoms with E-state index in [4.69, 9.17) is 19.9 Å². The number of alkyl halides is 6. The summed E-state index contributed by atoms with van der Waals surface area (Å²) < 4.78 is 97.1. The van der Waals surface area contributed by atoms with Crippen LogP contribution in [0.3, 0.4) is 0 Å². The van der Waals surface area contributed by atoms with Crippen LogP contribution in [0.15, 0.2) is 77.8 Å². The van der Waals surface area contributed by atoms with Gasteiger partial charge in [-0.2, -0.15) is 26.3 Å². The largest absolute Gasteiger partial charge is 0.491 e. The zero-order chi connectivity index (χ0) is 36.0. The van der Waals surface area contributed by atoms with E-state index in [1.807, 2.05) is 0 Å². The van der Waals surface area contributed by atoms with Crippen LogP contribution in [-0.2, 0) is 26.6 Å². The molecular weight excluding hydrogens is 678 g/mol. The van der Waals surface area contributed by atoms with E-state index in [0.29, 0.717) is 22.5 Å². The van der Waals surface area contributed by atoms with Gasteiger partial charge in [0.25, 0.3) is 11.6 Å². The van der Waals surface area contributed by atoms with Gasteiger partial charge < -0.3 is 30.6 Å². The molecule has 0 saturated heterocycles. The maximum absolute atomic E-state index is 14.3. The highest BCUT2D eigenvalue weighted by Gasteiger charge is 2.52. The van der Waals surface area contributed by atoms with E-state index in [1.54, 1.807) is 26.8 Å². The molecule has 9 nitrogen and oxygen atoms in total. The second kappa shape index (κ2) is 15.1. The number of nitrogens with zero attached hydrogens (tertiary/aromatic N) is 1. The Hall–Kier alpha value is -4.86. The minimum absolute atomic E-state index is 0.0296. The Kier molecular flexibility index (Phi) is 11.4. The number of nitrogens with one attached hydrogen (secondary N) is 2. The van der Waals surface area contributed by atoms with E-state index >= 15 is 0 Å². The summed E-state index contributed by atoms with van der Waals surface area (Å²) in [6, 6.07) is 15.6. The number of anilines is 2. The molecule has 0 aliphatic carbocycles. The Morgan fingerprint density at radius 3 is 2.37 bits per heavy atom. The minimum Gasteiger partial charge on any atom is -0.490 e. The van der Waals surface area contributed by atoms with E-state index in [0.717, 1.165) is 0 Å². The molecule has 0 bridgehead atoms. The van der Waals surface area contributed by atoms with Crippen LogP contribution >= 0.6 is 11.8 Å². The molecule has 0 fully saturated rings. The topological polar surface area (TPSA) is 125 Å². The SMILES string of the molecule is CCOc1cc(C(Nc2ccc3c(N)nccc3c2)(OC(=O)C(F)(F)F)C(=O)NCc2ccccc2SCC(F)(F)F)ccc1OC(C)C. The number of ether oxygens (including phenoxy) is 3. The molecule has 0 saturated carbocycles. The molecule has 49 heavy (non-hydrogen) atoms. The van der Waals surface area contributed by atoms with Crippen LogP contribution in [0.1, 0.15) is 31.9 Å². The normalized spacial score (nSPS) is 13.1. The zero-order valence-corrected chi connectivity index (χ0v) is 27.2. The summed E-state index contributed by atoms with van der Waals surface area (Å²) >= 11 is 0.470. The van der Waals surface area contributed by atoms with Gasteiger partial charge in [-0.05, 0) is 80.3 Å². The Bertz CT molecular complexity index is 1800. The summed E-state index contributed by atoms with van der Waals surface area (Å²) in [7, 11) is 0. The second-order valence-electron chi connectivity index (χ2n) is 10.8. The quantitative estimate of drug-likeness (QED) is 0.0566. The van der Waals surface area contributed by atoms with E-state index in [-0.39, 0.29) is 51.7 Å². The standard InChI is InChI=1S/C33H32F6N4O5S/c1-4-46-26-16-22(9-12-25(26)47-19(2)3)32(48-30(45)33(37,38)39,43-23-10-11-24-20(15-23)13-14-41-28(24)40)29(44)42-17-21-7-5-6-8-27(21)49-18-31(34,35)36/h5-16,19,43H,4,17-18H2,1-3H3,(H2,40,41)(H,42,44). The molecule has 3 aromatic carbocycles. The summed E-state index contributed by atoms with van der Waals surface area (Å²) in [5.41, 5.74) is 3.00. The monoisotopic (exact) mass is 710 g/mol. The fraction of sp³-hybridized carbons (Fsp3) is 0.303. The first-order chi connectivity index (χ1) is 23.0. The van der Waals surface area contributed by atoms with Crippen molar-refractivity contribution >= 4 is 45.9 Å². The zero-order valence-electron chi connectivity index (χ0n) is 26.4. The summed E-state index contributed by atoms with van der Waals surface area (Å²) in [4.78, 5) is 31.0. The fourth-order valence-corrected chi connectivity index (χ4v) is 5.49. The van der Waals surface area contributed by atoms with Crippen molar-refractivity contribution in [1.29, 1.82) is 0 Å². The predicted molar refractivity (Wildman–Crippen MR) is 172 cm³/mol. The number of aromatic nitrogens is 1. The van der Waals surface area contributed by atoms with Crippen molar-refractivity contribution in [3.8, 4) is 11.5 Å². The smallest absolute Gasteiger partial charge is 0.490 e. The number of amides is 1. The number of nitrogen functional groups attached to an aromatic ring is 1. The van der Waals surface area contributed by atoms with Gasteiger partial charge in [-0.15, -0.1) is 11.8 Å². The van der Waals surface area contributed by atoms with Crippen LogP contribution < -0.4 is 25.8 Å². The summed E-state index contributed by atoms with van der Waals surface area (Å²) in [6.45, 7) is 4.78. The van der Waals surface area contributed by atoms with Crippen LogP contribution in [0.25, 0.3) is 10.8 Å². The molecule has 16 heteroatoms. The Morgan fingerprint density at radius 2 is 1.69 bits per heavy atom. The number of hydrogen-bond donors (Lipinski definition) is 3. The number of nitrogens with two attached hydrogens (primary N) is 1. The average Bonchev–Trinajstić information content (AvgIpc) is 3.02. The number of benzene rings is 3. The number of thioether (sulfide) groups is 1. The van der Waals surface area contributed by atoms with Gasteiger partial charge in [0, 0.05) is 34.3 Å². The molecule has 0 aliphatic rings. The molecule has 0 aliphatic heterocycles. The molecule has 1 unspecified atom stereocenters. The Balaban J connectivity index is 1.87. The lowest BCUT2D eigenvalue weighted by atomic mass is 9.99. The first-order valence-corrected chi connectivity index (χ1v) is 15.7. The van der Waals surface area contributed by atoms with Crippen molar-refractivity contribution in [3.05, 3.63) is 84.1 Å². The molecule has 1 amide bonds. The number of carbonyl (C=O) groups excluding carboxylic acids is 2. The van der Waals surface area contributed by atoms with Crippen molar-refractivity contribution in [2.45, 2.75) is 56.4 Å². The van der Waals surface area contributed by atoms with Gasteiger partial charge in [0.15, 0.2) is 11.5 Å². The molecular formula is C33H32F6N4O5S. The van der Waals surface area contributed by atoms with Gasteiger partial charge in [-0.25, -0.2) is 9.78 Å². The maximum atomic E-state index is 14.3. The summed E-state index contributed by atoms with van der Waals surface area (Å²) in [5.74, 6) is -4.82. The minimum atomic E-state index is -5.54. The first kappa shape index (κ1) is 37.0. The molecule has 1 heterocycles. The number of fused-ring (bicyclic) bond motifs is 1. The molecule has 0 radical (unpaired) electrons. The summed E-state index contributed by atoms with van der Waals surface area (Å²) in [5, 5.41) is 6.12. The van der Waals surface area contributed by atoms with Crippen LogP contribution in [0.4, 0.5) is 37.8 Å². The molecule has 262 valence electrons. The van der Waals surface area contributed by atoms with Gasteiger partial charge in [-0.3, -0.25) is 4.79 Å². The third kappa shape index (κ3) is 9.40. The predicted octanol–water partition coefficient (Wildman–Crippen LogP) is 7.34. The van der Waals surface area contributed by atoms with Gasteiger partial charge in [0.1, 0.15) is 5.82 Å². The lowest BCUT2D eigenvalue weighted by Crippen LogP contribution is -2.54. The van der Waals surface area contributed by atoms with E-state index in [2.05, 4.69) is 15.6 Å². The molecule has 1 aromatic heterocycles. The first-order valence-electron chi connectivity index (χ1n) is 14.7. The van der Waals surface area contributed by atoms with Crippen molar-refractivity contribution in [3.63, 3.8) is 0 Å². The van der Waals surface area contributed by atoms with Crippen molar-refractivity contribution in [2.75, 3.05) is 23.4 Å². The third-order valence-corrected chi connectivity index (χ3v) is 7.91. The van der Waals surface area contributed by atoms with Crippen LogP contribution in [0, 0.1) is 0 Å². The molecule has 4 N–H and O–H groups in total. The van der Waals surface area contributed by atoms with Crippen molar-refractivity contribution in [2.24, 2.45) is 0 Å². The number of carbonyl (C=O) groups is 2. The van der Waals surface area contributed by atoms with Gasteiger partial charge in [-0.1, -0.05) is 18.2 Å². The average molecular weight is 711 g/mol. The summed E-state index contributed by atoms with van der Waals surface area (Å²) in [6.07, 6.45) is -8.97. The van der Waals surface area contributed by atoms with Gasteiger partial charge >= 0.3 is 18.3 Å². The van der Waals surface area contributed by atoms with Gasteiger partial charge in [0.2, 0.25) is 0 Å². The van der Waals surface area contributed by atoms with Crippen molar-refractivity contribution in [1.82, 2.24) is 10.3 Å². The fourth-order valence-electron chi connectivity index (χ4n) is 4.67. The number of esters is 1. The number of pyridine rings is 1. The van der Waals surface area contributed by atoms with E-state index in [9.17, 15) is 35.9 Å². The third-order valence-electron chi connectivity index (χ3n) is 6.73. The van der Waals surface area contributed by atoms with Crippen LogP contribution in [0.5, 0.6) is 11.5 Å². The number of hydrogen-bond acceptors (Lipinski definition) is 9. The van der Waals surface area contributed by atoms with Gasteiger partial charge in [0.05, 0.1) is 18.5 Å². The van der Waals surface area contributed by atoms with Crippen LogP contribution in [0.2, 0.25) is 0 Å². The van der Waals surface area contributed by atoms with Crippen LogP contribution in [-0.4, -0.2) is 47.7 Å². The molecule has 1 atom stereocenters. The molecule has 0 spiro atoms. The molecule has 4 rings (SSSR count). The number of rotatable bonds is 13. The molecule has 4 aromatic rings. The lowest BCUT2D eigenvalue weighted by Gasteiger charge is -2.35. The Morgan fingerprint density at radius 1 is 0.959 bits per heavy atom. The van der Waals surface area contributed by atoms with E-state index < -0.39 is 42.3 Å². The van der Waals surface area contributed by atoms with E-state index in [1.165, 1.54) is 66.9 Å². The Labute approximate surface area is 281 Å². The maximum Gasteiger partial charge on any atom is 0.491 e. The van der Waals surface area contributed by atoms with Crippen molar-refractivity contribution < 1.29 is 50.1 Å². The highest BCUT2D eigenvalue weighted by molar-refractivity contribution is 7.99. The lowest BCUT2D eigenvalue weighted by molar-refractivity contribution is -0.213. The highest BCUT2D eigenvalue weighted by atomic mass is 32.2. The second-order valence-corrected chi connectivity index (χ2v) is 11.8. The highest BCUT2D eigenvalue weighted by Crippen LogP contribution is 2.39.